The van der Waals surface area contributed by atoms with Gasteiger partial charge in [0.15, 0.2) is 0 Å². The fraction of sp³-hybridized carbons (Fsp3) is 0.467. The van der Waals surface area contributed by atoms with Gasteiger partial charge in [0, 0.05) is 0 Å². The van der Waals surface area contributed by atoms with E-state index >= 15 is 0 Å². The summed E-state index contributed by atoms with van der Waals surface area (Å²) < 4.78 is 0. The molecule has 0 radical (unpaired) electrons. The van der Waals surface area contributed by atoms with Crippen molar-refractivity contribution in [2.24, 2.45) is 0 Å². The molecule has 1 aromatic rings. The number of hydrogen-bond acceptors (Lipinski definition) is 1. The Hall–Kier alpha value is -1.08. The van der Waals surface area contributed by atoms with E-state index in [1.807, 2.05) is 0 Å². The highest BCUT2D eigenvalue weighted by molar-refractivity contribution is 5.38. The van der Waals surface area contributed by atoms with Crippen molar-refractivity contribution in [1.82, 2.24) is 5.32 Å². The summed E-state index contributed by atoms with van der Waals surface area (Å²) >= 11 is 0. The number of rotatable bonds is 5. The van der Waals surface area contributed by atoms with Crippen molar-refractivity contribution in [2.75, 3.05) is 6.54 Å². The summed E-state index contributed by atoms with van der Waals surface area (Å²) in [5.41, 5.74) is 5.27. The summed E-state index contributed by atoms with van der Waals surface area (Å²) in [6, 6.07) is 6.78. The molecule has 1 atom stereocenters. The molecule has 0 fully saturated rings. The Labute approximate surface area is 99.6 Å². The minimum Gasteiger partial charge on any atom is -0.307 e. The van der Waals surface area contributed by atoms with Crippen molar-refractivity contribution in [3.63, 3.8) is 0 Å². The normalized spacial score (nSPS) is 12.5. The molecule has 16 heavy (non-hydrogen) atoms. The zero-order valence-corrected chi connectivity index (χ0v) is 10.9. The van der Waals surface area contributed by atoms with Crippen molar-refractivity contribution in [2.45, 2.75) is 40.2 Å². The lowest BCUT2D eigenvalue weighted by atomic mass is 9.94. The SMILES string of the molecule is C=C(C)C(NCCC)c1cccc(C)c1C. The lowest BCUT2D eigenvalue weighted by Crippen LogP contribution is -2.23. The molecule has 0 saturated heterocycles. The molecular formula is C15H23N. The molecule has 0 saturated carbocycles. The van der Waals surface area contributed by atoms with E-state index in [1.165, 1.54) is 22.3 Å². The minimum atomic E-state index is 0.292. The summed E-state index contributed by atoms with van der Waals surface area (Å²) in [6.45, 7) is 13.8. The van der Waals surface area contributed by atoms with Crippen LogP contribution in [0.2, 0.25) is 0 Å². The first-order chi connectivity index (χ1) is 7.57. The minimum absolute atomic E-state index is 0.292. The molecule has 1 aromatic carbocycles. The molecule has 0 amide bonds. The Morgan fingerprint density at radius 1 is 1.38 bits per heavy atom. The van der Waals surface area contributed by atoms with Crippen LogP contribution >= 0.6 is 0 Å². The van der Waals surface area contributed by atoms with Gasteiger partial charge < -0.3 is 5.32 Å². The maximum absolute atomic E-state index is 4.09. The van der Waals surface area contributed by atoms with Gasteiger partial charge in [0.25, 0.3) is 0 Å². The molecule has 1 N–H and O–H groups in total. The Kier molecular flexibility index (Phi) is 4.75. The van der Waals surface area contributed by atoms with Crippen molar-refractivity contribution in [1.29, 1.82) is 0 Å². The van der Waals surface area contributed by atoms with E-state index < -0.39 is 0 Å². The van der Waals surface area contributed by atoms with Crippen molar-refractivity contribution >= 4 is 0 Å². The van der Waals surface area contributed by atoms with Crippen LogP contribution in [0.4, 0.5) is 0 Å². The quantitative estimate of drug-likeness (QED) is 0.737. The van der Waals surface area contributed by atoms with E-state index in [0.29, 0.717) is 6.04 Å². The van der Waals surface area contributed by atoms with E-state index in [1.54, 1.807) is 0 Å². The average Bonchev–Trinajstić information content (AvgIpc) is 2.24. The number of aryl methyl sites for hydroxylation is 1. The van der Waals surface area contributed by atoms with Gasteiger partial charge in [-0.3, -0.25) is 0 Å². The van der Waals surface area contributed by atoms with Gasteiger partial charge in [-0.05, 0) is 50.4 Å². The van der Waals surface area contributed by atoms with Gasteiger partial charge in [0.05, 0.1) is 6.04 Å². The van der Waals surface area contributed by atoms with Crippen LogP contribution in [0.1, 0.15) is 43.0 Å². The van der Waals surface area contributed by atoms with Gasteiger partial charge in [0.2, 0.25) is 0 Å². The van der Waals surface area contributed by atoms with Crippen LogP contribution in [-0.4, -0.2) is 6.54 Å². The van der Waals surface area contributed by atoms with Gasteiger partial charge in [-0.25, -0.2) is 0 Å². The highest BCUT2D eigenvalue weighted by Crippen LogP contribution is 2.25. The zero-order valence-electron chi connectivity index (χ0n) is 10.9. The lowest BCUT2D eigenvalue weighted by Gasteiger charge is -2.22. The second-order valence-corrected chi connectivity index (χ2v) is 4.52. The van der Waals surface area contributed by atoms with Crippen LogP contribution in [0.15, 0.2) is 30.4 Å². The summed E-state index contributed by atoms with van der Waals surface area (Å²) in [4.78, 5) is 0. The van der Waals surface area contributed by atoms with E-state index in [-0.39, 0.29) is 0 Å². The van der Waals surface area contributed by atoms with Crippen LogP contribution in [-0.2, 0) is 0 Å². The van der Waals surface area contributed by atoms with Gasteiger partial charge in [0.1, 0.15) is 0 Å². The highest BCUT2D eigenvalue weighted by atomic mass is 14.9. The van der Waals surface area contributed by atoms with E-state index in [0.717, 1.165) is 13.0 Å². The number of benzene rings is 1. The zero-order chi connectivity index (χ0) is 12.1. The van der Waals surface area contributed by atoms with Gasteiger partial charge in [-0.2, -0.15) is 0 Å². The Bertz CT molecular complexity index is 366. The van der Waals surface area contributed by atoms with Crippen LogP contribution in [0.25, 0.3) is 0 Å². The molecule has 0 aliphatic rings. The van der Waals surface area contributed by atoms with Crippen LogP contribution in [0, 0.1) is 13.8 Å². The number of nitrogens with one attached hydrogen (secondary N) is 1. The van der Waals surface area contributed by atoms with Gasteiger partial charge in [-0.1, -0.05) is 37.3 Å². The summed E-state index contributed by atoms with van der Waals surface area (Å²) in [5.74, 6) is 0. The second kappa shape index (κ2) is 5.86. The molecule has 0 aromatic heterocycles. The van der Waals surface area contributed by atoms with Crippen LogP contribution < -0.4 is 5.32 Å². The fourth-order valence-corrected chi connectivity index (χ4v) is 1.92. The predicted octanol–water partition coefficient (Wildman–Crippen LogP) is 3.92. The molecule has 0 spiro atoms. The smallest absolute Gasteiger partial charge is 0.0533 e. The third-order valence-corrected chi connectivity index (χ3v) is 3.05. The lowest BCUT2D eigenvalue weighted by molar-refractivity contribution is 0.588. The molecule has 1 unspecified atom stereocenters. The first kappa shape index (κ1) is 13.0. The second-order valence-electron chi connectivity index (χ2n) is 4.52. The predicted molar refractivity (Wildman–Crippen MR) is 71.8 cm³/mol. The third kappa shape index (κ3) is 2.96. The van der Waals surface area contributed by atoms with E-state index in [2.05, 4.69) is 57.8 Å². The standard InChI is InChI=1S/C15H23N/c1-6-10-16-15(11(2)3)14-9-7-8-12(4)13(14)5/h7-9,15-16H,2,6,10H2,1,3-5H3. The van der Waals surface area contributed by atoms with E-state index in [4.69, 9.17) is 0 Å². The molecule has 88 valence electrons. The van der Waals surface area contributed by atoms with Crippen molar-refractivity contribution < 1.29 is 0 Å². The first-order valence-corrected chi connectivity index (χ1v) is 6.02. The summed E-state index contributed by atoms with van der Waals surface area (Å²) in [5, 5.41) is 3.55. The fourth-order valence-electron chi connectivity index (χ4n) is 1.92. The molecule has 1 nitrogen and oxygen atoms in total. The first-order valence-electron chi connectivity index (χ1n) is 6.02. The summed E-state index contributed by atoms with van der Waals surface area (Å²) in [6.07, 6.45) is 1.15. The molecule has 1 rings (SSSR count). The van der Waals surface area contributed by atoms with Crippen molar-refractivity contribution in [3.8, 4) is 0 Å². The molecule has 0 aliphatic carbocycles. The maximum atomic E-state index is 4.09. The van der Waals surface area contributed by atoms with Gasteiger partial charge >= 0.3 is 0 Å². The average molecular weight is 217 g/mol. The molecule has 0 aliphatic heterocycles. The van der Waals surface area contributed by atoms with Gasteiger partial charge in [-0.15, -0.1) is 0 Å². The summed E-state index contributed by atoms with van der Waals surface area (Å²) in [7, 11) is 0. The Morgan fingerprint density at radius 2 is 2.06 bits per heavy atom. The largest absolute Gasteiger partial charge is 0.307 e. The molecular weight excluding hydrogens is 194 g/mol. The molecule has 0 heterocycles. The molecule has 1 heteroatoms. The Balaban J connectivity index is 3.01. The maximum Gasteiger partial charge on any atom is 0.0533 e. The number of hydrogen-bond donors (Lipinski definition) is 1. The Morgan fingerprint density at radius 3 is 2.62 bits per heavy atom. The molecule has 0 bridgehead atoms. The monoisotopic (exact) mass is 217 g/mol. The van der Waals surface area contributed by atoms with E-state index in [9.17, 15) is 0 Å². The third-order valence-electron chi connectivity index (χ3n) is 3.05. The van der Waals surface area contributed by atoms with Crippen LogP contribution in [0.3, 0.4) is 0 Å². The topological polar surface area (TPSA) is 12.0 Å². The van der Waals surface area contributed by atoms with Crippen molar-refractivity contribution in [3.05, 3.63) is 47.0 Å². The van der Waals surface area contributed by atoms with Crippen LogP contribution in [0.5, 0.6) is 0 Å². The highest BCUT2D eigenvalue weighted by Gasteiger charge is 2.13.